The fraction of sp³-hybridized carbons (Fsp3) is 0.381. The van der Waals surface area contributed by atoms with Crippen LogP contribution in [0.4, 0.5) is 17.1 Å². The van der Waals surface area contributed by atoms with Gasteiger partial charge >= 0.3 is 0 Å². The van der Waals surface area contributed by atoms with Crippen LogP contribution in [0.15, 0.2) is 42.5 Å². The second-order valence-corrected chi connectivity index (χ2v) is 6.92. The predicted molar refractivity (Wildman–Crippen MR) is 107 cm³/mol. The third-order valence-electron chi connectivity index (χ3n) is 4.86. The van der Waals surface area contributed by atoms with Crippen LogP contribution in [0.25, 0.3) is 0 Å². The zero-order valence-electron chi connectivity index (χ0n) is 15.5. The number of para-hydroxylation sites is 1. The van der Waals surface area contributed by atoms with Crippen LogP contribution in [-0.2, 0) is 4.79 Å². The summed E-state index contributed by atoms with van der Waals surface area (Å²) in [6, 6.07) is 13.8. The predicted octanol–water partition coefficient (Wildman–Crippen LogP) is 3.97. The molecule has 0 bridgehead atoms. The molecule has 5 nitrogen and oxygen atoms in total. The zero-order chi connectivity index (χ0) is 18.5. The van der Waals surface area contributed by atoms with E-state index in [-0.39, 0.29) is 12.5 Å². The van der Waals surface area contributed by atoms with Crippen molar-refractivity contribution in [3.8, 4) is 5.75 Å². The first-order chi connectivity index (χ1) is 12.5. The Kier molecular flexibility index (Phi) is 5.66. The molecule has 0 aliphatic carbocycles. The molecule has 0 unspecified atom stereocenters. The average Bonchev–Trinajstić information content (AvgIpc) is 2.62. The third-order valence-corrected chi connectivity index (χ3v) is 4.86. The van der Waals surface area contributed by atoms with Crippen molar-refractivity contribution in [1.29, 1.82) is 0 Å². The van der Waals surface area contributed by atoms with Crippen molar-refractivity contribution in [1.82, 2.24) is 0 Å². The number of piperidine rings is 1. The van der Waals surface area contributed by atoms with Gasteiger partial charge in [-0.2, -0.15) is 0 Å². The molecular weight excluding hydrogens is 326 g/mol. The lowest BCUT2D eigenvalue weighted by Gasteiger charge is -2.36. The van der Waals surface area contributed by atoms with E-state index in [4.69, 9.17) is 10.5 Å². The Morgan fingerprint density at radius 3 is 2.85 bits per heavy atom. The molecule has 0 spiro atoms. The second-order valence-electron chi connectivity index (χ2n) is 6.92. The number of benzene rings is 2. The van der Waals surface area contributed by atoms with E-state index in [1.54, 1.807) is 0 Å². The van der Waals surface area contributed by atoms with Gasteiger partial charge in [-0.1, -0.05) is 18.2 Å². The lowest BCUT2D eigenvalue weighted by atomic mass is 10.0. The van der Waals surface area contributed by atoms with Crippen molar-refractivity contribution in [2.75, 3.05) is 29.1 Å². The first-order valence-electron chi connectivity index (χ1n) is 9.19. The maximum absolute atomic E-state index is 12.4. The maximum Gasteiger partial charge on any atom is 0.262 e. The van der Waals surface area contributed by atoms with Gasteiger partial charge in [0.15, 0.2) is 6.61 Å². The quantitative estimate of drug-likeness (QED) is 0.798. The number of nitrogen functional groups attached to an aromatic ring is 1. The summed E-state index contributed by atoms with van der Waals surface area (Å²) in [6.07, 6.45) is 3.57. The van der Waals surface area contributed by atoms with Crippen molar-refractivity contribution in [3.63, 3.8) is 0 Å². The summed E-state index contributed by atoms with van der Waals surface area (Å²) >= 11 is 0. The molecule has 2 aromatic carbocycles. The fourth-order valence-corrected chi connectivity index (χ4v) is 3.41. The van der Waals surface area contributed by atoms with Gasteiger partial charge < -0.3 is 20.7 Å². The number of amides is 1. The van der Waals surface area contributed by atoms with E-state index >= 15 is 0 Å². The number of nitrogens with two attached hydrogens (primary N) is 1. The molecule has 5 heteroatoms. The van der Waals surface area contributed by atoms with Crippen molar-refractivity contribution in [3.05, 3.63) is 48.0 Å². The van der Waals surface area contributed by atoms with E-state index in [1.165, 1.54) is 12.8 Å². The number of aryl methyl sites for hydroxylation is 1. The van der Waals surface area contributed by atoms with E-state index < -0.39 is 0 Å². The molecule has 1 aliphatic heterocycles. The highest BCUT2D eigenvalue weighted by Gasteiger charge is 2.21. The second kappa shape index (κ2) is 8.13. The van der Waals surface area contributed by atoms with Crippen LogP contribution in [0.5, 0.6) is 5.75 Å². The molecule has 1 aliphatic rings. The summed E-state index contributed by atoms with van der Waals surface area (Å²) in [7, 11) is 0. The number of anilines is 3. The molecular formula is C21H27N3O2. The summed E-state index contributed by atoms with van der Waals surface area (Å²) < 4.78 is 5.65. The number of carbonyl (C=O) groups excluding carboxylic acids is 1. The Bertz CT molecular complexity index is 776. The molecule has 1 saturated heterocycles. The normalized spacial score (nSPS) is 17.0. The van der Waals surface area contributed by atoms with Gasteiger partial charge in [0.25, 0.3) is 5.91 Å². The minimum atomic E-state index is -0.190. The highest BCUT2D eigenvalue weighted by Crippen LogP contribution is 2.33. The molecule has 0 aromatic heterocycles. The molecule has 1 amide bonds. The van der Waals surface area contributed by atoms with Crippen molar-refractivity contribution < 1.29 is 9.53 Å². The molecule has 1 fully saturated rings. The van der Waals surface area contributed by atoms with E-state index in [2.05, 4.69) is 17.1 Å². The summed E-state index contributed by atoms with van der Waals surface area (Å²) in [6.45, 7) is 5.14. The van der Waals surface area contributed by atoms with E-state index in [0.29, 0.717) is 11.7 Å². The Labute approximate surface area is 155 Å². The van der Waals surface area contributed by atoms with Crippen LogP contribution in [0.3, 0.4) is 0 Å². The number of hydrogen-bond donors (Lipinski definition) is 2. The lowest BCUT2D eigenvalue weighted by Crippen LogP contribution is -2.38. The molecule has 3 rings (SSSR count). The Balaban J connectivity index is 1.71. The van der Waals surface area contributed by atoms with Gasteiger partial charge in [0.05, 0.1) is 11.4 Å². The largest absolute Gasteiger partial charge is 0.483 e. The van der Waals surface area contributed by atoms with E-state index in [0.717, 1.165) is 35.7 Å². The molecule has 2 aromatic rings. The SMILES string of the molecule is Cc1ccccc1OCC(=O)Nc1cc(N)ccc1N1CCCC[C@H]1C. The minimum absolute atomic E-state index is 0.0331. The maximum atomic E-state index is 12.4. The van der Waals surface area contributed by atoms with Gasteiger partial charge in [-0.25, -0.2) is 0 Å². The average molecular weight is 353 g/mol. The van der Waals surface area contributed by atoms with Gasteiger partial charge in [0.1, 0.15) is 5.75 Å². The Hall–Kier alpha value is -2.69. The van der Waals surface area contributed by atoms with Crippen molar-refractivity contribution >= 4 is 23.0 Å². The molecule has 0 saturated carbocycles. The van der Waals surface area contributed by atoms with Crippen molar-refractivity contribution in [2.24, 2.45) is 0 Å². The molecule has 1 heterocycles. The van der Waals surface area contributed by atoms with Crippen LogP contribution in [-0.4, -0.2) is 25.1 Å². The van der Waals surface area contributed by atoms with Crippen molar-refractivity contribution in [2.45, 2.75) is 39.2 Å². The monoisotopic (exact) mass is 353 g/mol. The smallest absolute Gasteiger partial charge is 0.262 e. The standard InChI is InChI=1S/C21H27N3O2/c1-15-7-3-4-9-20(15)26-14-21(25)23-18-13-17(22)10-11-19(18)24-12-6-5-8-16(24)2/h3-4,7,9-11,13,16H,5-6,8,12,14,22H2,1-2H3,(H,23,25)/t16-/m1/s1. The summed E-state index contributed by atoms with van der Waals surface area (Å²) in [5, 5.41) is 2.97. The summed E-state index contributed by atoms with van der Waals surface area (Å²) in [5.41, 5.74) is 9.36. The number of hydrogen-bond acceptors (Lipinski definition) is 4. The Morgan fingerprint density at radius 1 is 1.27 bits per heavy atom. The number of carbonyl (C=O) groups is 1. The molecule has 0 radical (unpaired) electrons. The highest BCUT2D eigenvalue weighted by molar-refractivity contribution is 5.96. The van der Waals surface area contributed by atoms with Gasteiger partial charge in [-0.05, 0) is 62.9 Å². The number of rotatable bonds is 5. The minimum Gasteiger partial charge on any atom is -0.483 e. The molecule has 138 valence electrons. The summed E-state index contributed by atoms with van der Waals surface area (Å²) in [5.74, 6) is 0.532. The third kappa shape index (κ3) is 4.28. The zero-order valence-corrected chi connectivity index (χ0v) is 15.5. The van der Waals surface area contributed by atoms with E-state index in [9.17, 15) is 4.79 Å². The number of nitrogens with zero attached hydrogens (tertiary/aromatic N) is 1. The van der Waals surface area contributed by atoms with Gasteiger partial charge in [-0.15, -0.1) is 0 Å². The summed E-state index contributed by atoms with van der Waals surface area (Å²) in [4.78, 5) is 14.8. The van der Waals surface area contributed by atoms with Crippen LogP contribution < -0.4 is 20.7 Å². The molecule has 26 heavy (non-hydrogen) atoms. The van der Waals surface area contributed by atoms with Gasteiger partial charge in [0, 0.05) is 18.3 Å². The fourth-order valence-electron chi connectivity index (χ4n) is 3.41. The highest BCUT2D eigenvalue weighted by atomic mass is 16.5. The van der Waals surface area contributed by atoms with Gasteiger partial charge in [0.2, 0.25) is 0 Å². The first kappa shape index (κ1) is 18.1. The Morgan fingerprint density at radius 2 is 2.08 bits per heavy atom. The van der Waals surface area contributed by atoms with E-state index in [1.807, 2.05) is 49.4 Å². The first-order valence-corrected chi connectivity index (χ1v) is 9.19. The lowest BCUT2D eigenvalue weighted by molar-refractivity contribution is -0.118. The van der Waals surface area contributed by atoms with Gasteiger partial charge in [-0.3, -0.25) is 4.79 Å². The topological polar surface area (TPSA) is 67.6 Å². The molecule has 3 N–H and O–H groups in total. The van der Waals surface area contributed by atoms with Crippen LogP contribution in [0.2, 0.25) is 0 Å². The number of nitrogens with one attached hydrogen (secondary N) is 1. The molecule has 1 atom stereocenters. The van der Waals surface area contributed by atoms with Crippen LogP contribution in [0.1, 0.15) is 31.7 Å². The van der Waals surface area contributed by atoms with Crippen LogP contribution in [0, 0.1) is 6.92 Å². The van der Waals surface area contributed by atoms with Crippen LogP contribution >= 0.6 is 0 Å². The number of ether oxygens (including phenoxy) is 1.